The molecule has 1 aromatic carbocycles. The Hall–Kier alpha value is -1.96. The van der Waals surface area contributed by atoms with E-state index < -0.39 is 6.36 Å². The van der Waals surface area contributed by atoms with Gasteiger partial charge < -0.3 is 20.5 Å². The average Bonchev–Trinajstić information content (AvgIpc) is 2.35. The summed E-state index contributed by atoms with van der Waals surface area (Å²) in [5.41, 5.74) is 5.69. The van der Waals surface area contributed by atoms with Crippen LogP contribution in [0.3, 0.4) is 0 Å². The number of aliphatic imine (C=N–C) groups is 1. The molecule has 0 unspecified atom stereocenters. The van der Waals surface area contributed by atoms with Crippen LogP contribution in [0.4, 0.5) is 18.9 Å². The largest absolute Gasteiger partial charge is 0.573 e. The summed E-state index contributed by atoms with van der Waals surface area (Å²) in [6, 6.07) is 5.58. The van der Waals surface area contributed by atoms with Crippen molar-refractivity contribution in [2.75, 3.05) is 18.5 Å². The van der Waals surface area contributed by atoms with Crippen molar-refractivity contribution in [2.45, 2.75) is 26.3 Å². The minimum Gasteiger partial charge on any atom is -0.404 e. The van der Waals surface area contributed by atoms with Crippen LogP contribution in [0, 0.1) is 0 Å². The summed E-state index contributed by atoms with van der Waals surface area (Å²) >= 11 is 0. The summed E-state index contributed by atoms with van der Waals surface area (Å²) in [5.74, 6) is -0.387. The number of anilines is 1. The number of nitrogens with zero attached hydrogens (tertiary/aromatic N) is 1. The minimum atomic E-state index is -4.77. The SMILES string of the molecule is CC(C)OCCN=C(N)Nc1ccccc1OC(F)(F)F. The first-order valence-electron chi connectivity index (χ1n) is 6.31. The van der Waals surface area contributed by atoms with Crippen molar-refractivity contribution in [1.29, 1.82) is 0 Å². The van der Waals surface area contributed by atoms with E-state index >= 15 is 0 Å². The van der Waals surface area contributed by atoms with Crippen LogP contribution in [0.25, 0.3) is 0 Å². The van der Waals surface area contributed by atoms with E-state index in [9.17, 15) is 13.2 Å². The summed E-state index contributed by atoms with van der Waals surface area (Å²) in [6.45, 7) is 4.45. The van der Waals surface area contributed by atoms with Crippen molar-refractivity contribution in [2.24, 2.45) is 10.7 Å². The van der Waals surface area contributed by atoms with Crippen molar-refractivity contribution in [3.63, 3.8) is 0 Å². The Morgan fingerprint density at radius 2 is 2.00 bits per heavy atom. The van der Waals surface area contributed by atoms with Gasteiger partial charge >= 0.3 is 6.36 Å². The third kappa shape index (κ3) is 7.40. The van der Waals surface area contributed by atoms with Crippen LogP contribution >= 0.6 is 0 Å². The number of nitrogens with two attached hydrogens (primary N) is 1. The maximum Gasteiger partial charge on any atom is 0.573 e. The summed E-state index contributed by atoms with van der Waals surface area (Å²) in [6.07, 6.45) is -4.69. The van der Waals surface area contributed by atoms with E-state index in [1.165, 1.54) is 18.2 Å². The molecule has 0 aliphatic heterocycles. The zero-order chi connectivity index (χ0) is 15.9. The van der Waals surface area contributed by atoms with Gasteiger partial charge in [0.25, 0.3) is 0 Å². The molecule has 0 aliphatic rings. The molecule has 0 amide bonds. The number of guanidine groups is 1. The molecule has 5 nitrogen and oxygen atoms in total. The molecule has 8 heteroatoms. The Balaban J connectivity index is 2.63. The first-order chi connectivity index (χ1) is 9.78. The highest BCUT2D eigenvalue weighted by atomic mass is 19.4. The first-order valence-corrected chi connectivity index (χ1v) is 6.31. The number of para-hydroxylation sites is 2. The molecule has 0 aromatic heterocycles. The lowest BCUT2D eigenvalue weighted by Crippen LogP contribution is -2.25. The van der Waals surface area contributed by atoms with Gasteiger partial charge in [-0.15, -0.1) is 13.2 Å². The van der Waals surface area contributed by atoms with Gasteiger partial charge in [-0.3, -0.25) is 4.99 Å². The normalized spacial score (nSPS) is 12.6. The third-order valence-corrected chi connectivity index (χ3v) is 2.20. The Morgan fingerprint density at radius 3 is 2.62 bits per heavy atom. The van der Waals surface area contributed by atoms with Crippen molar-refractivity contribution in [1.82, 2.24) is 0 Å². The van der Waals surface area contributed by atoms with E-state index in [0.29, 0.717) is 13.2 Å². The standard InChI is InChI=1S/C13H18F3N3O2/c1-9(2)20-8-7-18-12(17)19-10-5-3-4-6-11(10)21-13(14,15)16/h3-6,9H,7-8H2,1-2H3,(H3,17,18,19). The monoisotopic (exact) mass is 305 g/mol. The van der Waals surface area contributed by atoms with E-state index in [-0.39, 0.29) is 23.5 Å². The molecule has 0 atom stereocenters. The molecule has 118 valence electrons. The molecule has 0 radical (unpaired) electrons. The number of nitrogens with one attached hydrogen (secondary N) is 1. The Morgan fingerprint density at radius 1 is 1.33 bits per heavy atom. The van der Waals surface area contributed by atoms with E-state index in [1.807, 2.05) is 13.8 Å². The molecule has 0 saturated carbocycles. The van der Waals surface area contributed by atoms with Crippen LogP contribution in [0.2, 0.25) is 0 Å². The molecular weight excluding hydrogens is 287 g/mol. The van der Waals surface area contributed by atoms with Gasteiger partial charge in [0.1, 0.15) is 0 Å². The number of benzene rings is 1. The molecule has 1 rings (SSSR count). The summed E-state index contributed by atoms with van der Waals surface area (Å²) in [7, 11) is 0. The lowest BCUT2D eigenvalue weighted by molar-refractivity contribution is -0.274. The van der Waals surface area contributed by atoms with Crippen LogP contribution in [0.5, 0.6) is 5.75 Å². The maximum absolute atomic E-state index is 12.3. The number of ether oxygens (including phenoxy) is 2. The van der Waals surface area contributed by atoms with Crippen molar-refractivity contribution in [3.05, 3.63) is 24.3 Å². The Bertz CT molecular complexity index is 476. The highest BCUT2D eigenvalue weighted by Gasteiger charge is 2.32. The predicted octanol–water partition coefficient (Wildman–Crippen LogP) is 2.74. The van der Waals surface area contributed by atoms with Gasteiger partial charge in [0.05, 0.1) is 24.9 Å². The predicted molar refractivity (Wildman–Crippen MR) is 74.3 cm³/mol. The smallest absolute Gasteiger partial charge is 0.404 e. The fraction of sp³-hybridized carbons (Fsp3) is 0.462. The highest BCUT2D eigenvalue weighted by molar-refractivity contribution is 5.93. The van der Waals surface area contributed by atoms with Gasteiger partial charge in [0.2, 0.25) is 0 Å². The van der Waals surface area contributed by atoms with Crippen molar-refractivity contribution >= 4 is 11.6 Å². The first kappa shape index (κ1) is 17.1. The Kier molecular flexibility index (Phi) is 6.29. The molecule has 0 heterocycles. The number of hydrogen-bond donors (Lipinski definition) is 2. The van der Waals surface area contributed by atoms with Gasteiger partial charge in [-0.1, -0.05) is 12.1 Å². The summed E-state index contributed by atoms with van der Waals surface area (Å²) < 4.78 is 45.9. The van der Waals surface area contributed by atoms with Gasteiger partial charge in [0, 0.05) is 0 Å². The fourth-order valence-electron chi connectivity index (χ4n) is 1.42. The van der Waals surface area contributed by atoms with E-state index in [0.717, 1.165) is 0 Å². The second-order valence-electron chi connectivity index (χ2n) is 4.36. The molecule has 0 spiro atoms. The van der Waals surface area contributed by atoms with Gasteiger partial charge in [-0.2, -0.15) is 0 Å². The van der Waals surface area contributed by atoms with Crippen LogP contribution in [0.1, 0.15) is 13.8 Å². The molecule has 1 aromatic rings. The number of halogens is 3. The quantitative estimate of drug-likeness (QED) is 0.482. The lowest BCUT2D eigenvalue weighted by atomic mass is 10.3. The number of alkyl halides is 3. The topological polar surface area (TPSA) is 68.9 Å². The molecule has 0 saturated heterocycles. The zero-order valence-electron chi connectivity index (χ0n) is 11.8. The summed E-state index contributed by atoms with van der Waals surface area (Å²) in [4.78, 5) is 3.95. The van der Waals surface area contributed by atoms with Gasteiger partial charge in [-0.25, -0.2) is 0 Å². The zero-order valence-corrected chi connectivity index (χ0v) is 11.8. The minimum absolute atomic E-state index is 0.0134. The second kappa shape index (κ2) is 7.72. The van der Waals surface area contributed by atoms with Crippen LogP contribution in [-0.2, 0) is 4.74 Å². The molecule has 0 fully saturated rings. The molecule has 3 N–H and O–H groups in total. The Labute approximate surface area is 120 Å². The number of hydrogen-bond acceptors (Lipinski definition) is 3. The van der Waals surface area contributed by atoms with Crippen molar-refractivity contribution in [3.8, 4) is 5.75 Å². The van der Waals surface area contributed by atoms with E-state index in [2.05, 4.69) is 15.0 Å². The second-order valence-corrected chi connectivity index (χ2v) is 4.36. The van der Waals surface area contributed by atoms with Crippen LogP contribution < -0.4 is 15.8 Å². The fourth-order valence-corrected chi connectivity index (χ4v) is 1.42. The lowest BCUT2D eigenvalue weighted by Gasteiger charge is -2.14. The highest BCUT2D eigenvalue weighted by Crippen LogP contribution is 2.29. The number of rotatable bonds is 6. The molecule has 0 bridgehead atoms. The van der Waals surface area contributed by atoms with Gasteiger partial charge in [-0.05, 0) is 26.0 Å². The maximum atomic E-state index is 12.3. The third-order valence-electron chi connectivity index (χ3n) is 2.20. The van der Waals surface area contributed by atoms with Crippen LogP contribution in [0.15, 0.2) is 29.3 Å². The average molecular weight is 305 g/mol. The van der Waals surface area contributed by atoms with Gasteiger partial charge in [0.15, 0.2) is 11.7 Å². The summed E-state index contributed by atoms with van der Waals surface area (Å²) in [5, 5.41) is 2.57. The van der Waals surface area contributed by atoms with Crippen LogP contribution in [-0.4, -0.2) is 31.6 Å². The van der Waals surface area contributed by atoms with E-state index in [4.69, 9.17) is 10.5 Å². The molecular formula is C13H18F3N3O2. The van der Waals surface area contributed by atoms with E-state index in [1.54, 1.807) is 6.07 Å². The molecule has 0 aliphatic carbocycles. The molecule has 21 heavy (non-hydrogen) atoms. The van der Waals surface area contributed by atoms with Crippen molar-refractivity contribution < 1.29 is 22.6 Å².